The maximum absolute atomic E-state index is 13.7. The number of alkyl halides is 2. The lowest BCUT2D eigenvalue weighted by Gasteiger charge is -2.19. The van der Waals surface area contributed by atoms with E-state index in [4.69, 9.17) is 10.8 Å². The van der Waals surface area contributed by atoms with Crippen LogP contribution in [0.5, 0.6) is 0 Å². The molecule has 2 rings (SSSR count). The van der Waals surface area contributed by atoms with Crippen LogP contribution >= 0.6 is 0 Å². The van der Waals surface area contributed by atoms with Gasteiger partial charge in [-0.25, -0.2) is 9.48 Å². The van der Waals surface area contributed by atoms with Gasteiger partial charge in [-0.3, -0.25) is 9.59 Å². The maximum atomic E-state index is 13.7. The number of aromatic nitrogens is 2. The van der Waals surface area contributed by atoms with E-state index >= 15 is 0 Å². The Morgan fingerprint density at radius 3 is 2.50 bits per heavy atom. The molecule has 0 spiro atoms. The molecule has 0 saturated heterocycles. The van der Waals surface area contributed by atoms with Crippen molar-refractivity contribution in [3.8, 4) is 11.3 Å². The van der Waals surface area contributed by atoms with Crippen molar-refractivity contribution in [3.63, 3.8) is 0 Å². The number of anilines is 1. The van der Waals surface area contributed by atoms with E-state index in [0.29, 0.717) is 4.68 Å². The van der Waals surface area contributed by atoms with Crippen LogP contribution in [0.3, 0.4) is 0 Å². The minimum absolute atomic E-state index is 0.0250. The molecule has 32 heavy (non-hydrogen) atoms. The van der Waals surface area contributed by atoms with Crippen molar-refractivity contribution < 1.29 is 28.3 Å². The van der Waals surface area contributed by atoms with E-state index in [9.17, 15) is 23.2 Å². The number of carboxylic acid groups (broad SMARTS) is 1. The highest BCUT2D eigenvalue weighted by Crippen LogP contribution is 2.34. The lowest BCUT2D eigenvalue weighted by atomic mass is 9.96. The highest BCUT2D eigenvalue weighted by atomic mass is 19.3. The van der Waals surface area contributed by atoms with Crippen LogP contribution in [0.4, 0.5) is 19.3 Å². The van der Waals surface area contributed by atoms with E-state index in [1.165, 1.54) is 30.4 Å². The zero-order valence-corrected chi connectivity index (χ0v) is 17.2. The van der Waals surface area contributed by atoms with Crippen LogP contribution in [0.15, 0.2) is 49.7 Å². The molecule has 11 heteroatoms. The van der Waals surface area contributed by atoms with E-state index < -0.39 is 36.4 Å². The first kappa shape index (κ1) is 24.3. The van der Waals surface area contributed by atoms with E-state index in [1.807, 2.05) is 0 Å². The number of nitrogens with zero attached hydrogens (tertiary/aromatic N) is 2. The van der Waals surface area contributed by atoms with Crippen LogP contribution < -0.4 is 16.4 Å². The van der Waals surface area contributed by atoms with Gasteiger partial charge in [0.05, 0.1) is 29.5 Å². The second-order valence-electron chi connectivity index (χ2n) is 6.88. The predicted molar refractivity (Wildman–Crippen MR) is 114 cm³/mol. The molecular formula is C21H23F2N5O4. The Bertz CT molecular complexity index is 1050. The fourth-order valence-electron chi connectivity index (χ4n) is 2.97. The fourth-order valence-corrected chi connectivity index (χ4v) is 2.97. The first-order valence-corrected chi connectivity index (χ1v) is 9.43. The van der Waals surface area contributed by atoms with Crippen molar-refractivity contribution in [2.75, 3.05) is 5.32 Å². The van der Waals surface area contributed by atoms with Crippen LogP contribution in [0.25, 0.3) is 11.3 Å². The number of hydrogen-bond donors (Lipinski definition) is 4. The predicted octanol–water partition coefficient (Wildman–Crippen LogP) is 3.69. The molecule has 1 aromatic heterocycles. The lowest BCUT2D eigenvalue weighted by Crippen LogP contribution is -2.27. The molecule has 2 atom stereocenters. The molecule has 0 unspecified atom stereocenters. The van der Waals surface area contributed by atoms with Crippen molar-refractivity contribution in [1.82, 2.24) is 15.1 Å². The summed E-state index contributed by atoms with van der Waals surface area (Å²) in [5.74, 6) is -1.96. The number of benzene rings is 1. The minimum atomic E-state index is -3.06. The third-order valence-electron chi connectivity index (χ3n) is 4.62. The molecule has 0 saturated carbocycles. The summed E-state index contributed by atoms with van der Waals surface area (Å²) in [6.45, 7) is 5.61. The lowest BCUT2D eigenvalue weighted by molar-refractivity contribution is -0.118. The van der Waals surface area contributed by atoms with Crippen molar-refractivity contribution >= 4 is 23.6 Å². The highest BCUT2D eigenvalue weighted by Gasteiger charge is 2.24. The molecule has 1 heterocycles. The number of primary amides is 1. The van der Waals surface area contributed by atoms with E-state index in [-0.39, 0.29) is 34.5 Å². The number of nitrogens with one attached hydrogen (secondary N) is 2. The van der Waals surface area contributed by atoms with Gasteiger partial charge < -0.3 is 21.5 Å². The molecular weight excluding hydrogens is 424 g/mol. The van der Waals surface area contributed by atoms with E-state index in [0.717, 1.165) is 6.20 Å². The second-order valence-corrected chi connectivity index (χ2v) is 6.88. The number of rotatable bonds is 10. The van der Waals surface area contributed by atoms with Crippen LogP contribution in [-0.2, 0) is 4.79 Å². The standard InChI is InChI=1S/C21H23F2N5O4/c1-4-6-15(27-21(31)32)12-7-13(9-14(8-12)18(24)29)17-16(10-25-28(17)20(22)23)26-19(30)11(3)5-2/h4-5,7-11,15,20,27H,1-2,6H2,3H3,(H2,24,29)(H,26,30)(H,31,32)/t11-,15+/m1/s1. The van der Waals surface area contributed by atoms with Gasteiger partial charge in [-0.15, -0.1) is 13.2 Å². The monoisotopic (exact) mass is 447 g/mol. The number of carbonyl (C=O) groups excluding carboxylic acids is 2. The van der Waals surface area contributed by atoms with Gasteiger partial charge in [0.2, 0.25) is 11.8 Å². The Labute approximate surface area is 182 Å². The second kappa shape index (κ2) is 10.3. The summed E-state index contributed by atoms with van der Waals surface area (Å²) in [6, 6.07) is 3.21. The Morgan fingerprint density at radius 2 is 1.97 bits per heavy atom. The normalized spacial score (nSPS) is 12.6. The number of carbonyl (C=O) groups is 3. The first-order chi connectivity index (χ1) is 15.1. The molecule has 1 aromatic carbocycles. The Kier molecular flexibility index (Phi) is 7.83. The van der Waals surface area contributed by atoms with Gasteiger partial charge in [0.15, 0.2) is 0 Å². The molecule has 0 bridgehead atoms. The highest BCUT2D eigenvalue weighted by molar-refractivity contribution is 5.98. The van der Waals surface area contributed by atoms with Gasteiger partial charge in [0.1, 0.15) is 0 Å². The molecule has 0 aliphatic heterocycles. The van der Waals surface area contributed by atoms with E-state index in [1.54, 1.807) is 6.92 Å². The minimum Gasteiger partial charge on any atom is -0.465 e. The summed E-state index contributed by atoms with van der Waals surface area (Å²) in [6.07, 6.45) is 2.73. The van der Waals surface area contributed by atoms with Crippen LogP contribution in [-0.4, -0.2) is 32.8 Å². The van der Waals surface area contributed by atoms with Gasteiger partial charge >= 0.3 is 12.6 Å². The van der Waals surface area contributed by atoms with Gasteiger partial charge in [-0.1, -0.05) is 19.1 Å². The van der Waals surface area contributed by atoms with Crippen molar-refractivity contribution in [2.24, 2.45) is 11.7 Å². The first-order valence-electron chi connectivity index (χ1n) is 9.43. The summed E-state index contributed by atoms with van der Waals surface area (Å²) in [4.78, 5) is 35.4. The van der Waals surface area contributed by atoms with Crippen LogP contribution in [0.1, 0.15) is 41.9 Å². The SMILES string of the molecule is C=CC[C@H](NC(=O)O)c1cc(C(N)=O)cc(-c2c(NC(=O)[C@H](C)C=C)cnn2C(F)F)c1. The summed E-state index contributed by atoms with van der Waals surface area (Å²) in [5.41, 5.74) is 5.53. The third-order valence-corrected chi connectivity index (χ3v) is 4.62. The summed E-state index contributed by atoms with van der Waals surface area (Å²) >= 11 is 0. The van der Waals surface area contributed by atoms with Crippen molar-refractivity contribution in [2.45, 2.75) is 25.9 Å². The molecule has 3 amide bonds. The number of hydrogen-bond acceptors (Lipinski definition) is 4. The average Bonchev–Trinajstić information content (AvgIpc) is 3.15. The van der Waals surface area contributed by atoms with E-state index in [2.05, 4.69) is 28.9 Å². The molecule has 170 valence electrons. The average molecular weight is 447 g/mol. The number of nitrogens with two attached hydrogens (primary N) is 1. The Morgan fingerprint density at radius 1 is 1.28 bits per heavy atom. The quantitative estimate of drug-likeness (QED) is 0.411. The topological polar surface area (TPSA) is 139 Å². The molecule has 0 aliphatic rings. The zero-order valence-electron chi connectivity index (χ0n) is 17.2. The van der Waals surface area contributed by atoms with Crippen molar-refractivity contribution in [3.05, 3.63) is 60.8 Å². The molecule has 0 fully saturated rings. The van der Waals surface area contributed by atoms with Crippen LogP contribution in [0.2, 0.25) is 0 Å². The number of amides is 3. The van der Waals surface area contributed by atoms with Gasteiger partial charge in [0.25, 0.3) is 0 Å². The molecule has 0 radical (unpaired) electrons. The zero-order chi connectivity index (χ0) is 24.0. The molecule has 9 nitrogen and oxygen atoms in total. The van der Waals surface area contributed by atoms with Crippen LogP contribution in [0, 0.1) is 5.92 Å². The van der Waals surface area contributed by atoms with Gasteiger partial charge in [-0.05, 0) is 30.2 Å². The Balaban J connectivity index is 2.71. The fraction of sp³-hybridized carbons (Fsp3) is 0.238. The molecule has 0 aliphatic carbocycles. The number of halogens is 2. The summed E-state index contributed by atoms with van der Waals surface area (Å²) in [5, 5.41) is 17.6. The molecule has 2 aromatic rings. The Hall–Kier alpha value is -4.02. The smallest absolute Gasteiger partial charge is 0.405 e. The molecule has 5 N–H and O–H groups in total. The third kappa shape index (κ3) is 5.56. The van der Waals surface area contributed by atoms with Gasteiger partial charge in [-0.2, -0.15) is 13.9 Å². The van der Waals surface area contributed by atoms with Gasteiger partial charge in [0, 0.05) is 11.1 Å². The largest absolute Gasteiger partial charge is 0.465 e. The van der Waals surface area contributed by atoms with Crippen molar-refractivity contribution in [1.29, 1.82) is 0 Å². The maximum Gasteiger partial charge on any atom is 0.405 e. The summed E-state index contributed by atoms with van der Waals surface area (Å²) in [7, 11) is 0. The summed E-state index contributed by atoms with van der Waals surface area (Å²) < 4.78 is 27.7.